The minimum absolute atomic E-state index is 0.422. The first kappa shape index (κ1) is 15.5. The monoisotopic (exact) mass is 246 g/mol. The highest BCUT2D eigenvalue weighted by atomic mass is 16.5. The van der Waals surface area contributed by atoms with Crippen LogP contribution in [-0.2, 0) is 19.1 Å². The highest BCUT2D eigenvalue weighted by Crippen LogP contribution is 2.10. The van der Waals surface area contributed by atoms with Crippen molar-refractivity contribution in [2.45, 2.75) is 44.9 Å². The molecule has 0 spiro atoms. The second-order valence-corrected chi connectivity index (χ2v) is 4.23. The Morgan fingerprint density at radius 3 is 2.18 bits per heavy atom. The Balaban J connectivity index is 4.74. The number of nitrogens with two attached hydrogens (primary N) is 2. The van der Waals surface area contributed by atoms with Crippen LogP contribution in [0.5, 0.6) is 0 Å². The predicted octanol–water partition coefficient (Wildman–Crippen LogP) is -0.973. The molecule has 17 heavy (non-hydrogen) atoms. The molecule has 0 aliphatic rings. The second-order valence-electron chi connectivity index (χ2n) is 4.23. The van der Waals surface area contributed by atoms with E-state index in [0.29, 0.717) is 0 Å². The smallest absolute Gasteiger partial charge is 0.333 e. The van der Waals surface area contributed by atoms with Crippen molar-refractivity contribution in [3.8, 4) is 0 Å². The van der Waals surface area contributed by atoms with E-state index < -0.39 is 41.8 Å². The Bertz CT molecular complexity index is 325. The summed E-state index contributed by atoms with van der Waals surface area (Å²) in [6.07, 6.45) is -1.01. The molecule has 0 aromatic rings. The number of rotatable bonds is 6. The van der Waals surface area contributed by atoms with Gasteiger partial charge < -0.3 is 21.3 Å². The van der Waals surface area contributed by atoms with Gasteiger partial charge in [-0.25, -0.2) is 4.79 Å². The molecule has 7 heteroatoms. The number of ether oxygens (including phenoxy) is 1. The maximum atomic E-state index is 11.7. The molecule has 7 nitrogen and oxygen atoms in total. The van der Waals surface area contributed by atoms with Crippen molar-refractivity contribution in [3.05, 3.63) is 0 Å². The van der Waals surface area contributed by atoms with Gasteiger partial charge in [-0.1, -0.05) is 0 Å². The molecule has 0 aliphatic heterocycles. The van der Waals surface area contributed by atoms with Crippen LogP contribution in [0.2, 0.25) is 0 Å². The molecular weight excluding hydrogens is 228 g/mol. The lowest BCUT2D eigenvalue weighted by Gasteiger charge is -2.24. The van der Waals surface area contributed by atoms with Gasteiger partial charge in [0.25, 0.3) is 0 Å². The number of ketones is 1. The van der Waals surface area contributed by atoms with Gasteiger partial charge in [0.05, 0.1) is 18.6 Å². The molecule has 98 valence electrons. The number of carbonyl (C=O) groups excluding carboxylic acids is 2. The summed E-state index contributed by atoms with van der Waals surface area (Å²) < 4.78 is 4.80. The van der Waals surface area contributed by atoms with E-state index in [0.717, 1.165) is 6.92 Å². The number of carboxylic acids is 1. The Morgan fingerprint density at radius 2 is 1.82 bits per heavy atom. The van der Waals surface area contributed by atoms with E-state index in [9.17, 15) is 14.4 Å². The lowest BCUT2D eigenvalue weighted by Crippen LogP contribution is -2.59. The number of carbonyl (C=O) groups is 3. The zero-order valence-electron chi connectivity index (χ0n) is 10.1. The molecule has 0 aliphatic carbocycles. The third kappa shape index (κ3) is 4.49. The van der Waals surface area contributed by atoms with Gasteiger partial charge in [0, 0.05) is 0 Å². The molecule has 0 heterocycles. The van der Waals surface area contributed by atoms with Gasteiger partial charge in [-0.15, -0.1) is 0 Å². The minimum atomic E-state index is -1.93. The summed E-state index contributed by atoms with van der Waals surface area (Å²) in [5, 5.41) is 8.49. The van der Waals surface area contributed by atoms with Crippen LogP contribution in [0.25, 0.3) is 0 Å². The van der Waals surface area contributed by atoms with Crippen molar-refractivity contribution in [3.63, 3.8) is 0 Å². The van der Waals surface area contributed by atoms with Crippen molar-refractivity contribution in [1.82, 2.24) is 0 Å². The Hall–Kier alpha value is -1.47. The van der Waals surface area contributed by atoms with Crippen LogP contribution in [0, 0.1) is 0 Å². The number of hydrogen-bond acceptors (Lipinski definition) is 6. The van der Waals surface area contributed by atoms with E-state index in [1.807, 2.05) is 0 Å². The van der Waals surface area contributed by atoms with Crippen LogP contribution >= 0.6 is 0 Å². The van der Waals surface area contributed by atoms with Crippen LogP contribution in [0.3, 0.4) is 0 Å². The van der Waals surface area contributed by atoms with Crippen LogP contribution < -0.4 is 11.5 Å². The first-order valence-corrected chi connectivity index (χ1v) is 5.10. The van der Waals surface area contributed by atoms with Crippen LogP contribution in [-0.4, -0.2) is 40.5 Å². The van der Waals surface area contributed by atoms with Gasteiger partial charge in [0.15, 0.2) is 11.3 Å². The van der Waals surface area contributed by atoms with Gasteiger partial charge in [-0.2, -0.15) is 0 Å². The van der Waals surface area contributed by atoms with E-state index >= 15 is 0 Å². The van der Waals surface area contributed by atoms with Gasteiger partial charge in [-0.05, 0) is 20.8 Å². The van der Waals surface area contributed by atoms with E-state index in [4.69, 9.17) is 21.3 Å². The standard InChI is InChI=1S/C10H18N2O5/c1-5(2)17-9(16)10(3,12)8(15)6(11)4-7(13)14/h5-6H,4,11-12H2,1-3H3,(H,13,14)/t6-,10+/m1/s1. The zero-order chi connectivity index (χ0) is 13.8. The van der Waals surface area contributed by atoms with E-state index in [-0.39, 0.29) is 0 Å². The van der Waals surface area contributed by atoms with E-state index in [1.54, 1.807) is 13.8 Å². The number of Topliss-reactive ketones (excluding diaryl/α,β-unsaturated/α-hetero) is 1. The van der Waals surface area contributed by atoms with Crippen molar-refractivity contribution in [1.29, 1.82) is 0 Å². The molecular formula is C10H18N2O5. The van der Waals surface area contributed by atoms with Crippen LogP contribution in [0.15, 0.2) is 0 Å². The molecule has 5 N–H and O–H groups in total. The highest BCUT2D eigenvalue weighted by molar-refractivity contribution is 6.10. The van der Waals surface area contributed by atoms with Gasteiger partial charge in [0.1, 0.15) is 0 Å². The molecule has 0 aromatic heterocycles. The van der Waals surface area contributed by atoms with Crippen LogP contribution in [0.4, 0.5) is 0 Å². The van der Waals surface area contributed by atoms with Crippen molar-refractivity contribution in [2.24, 2.45) is 11.5 Å². The number of aliphatic carboxylic acids is 1. The fraction of sp³-hybridized carbons (Fsp3) is 0.700. The summed E-state index contributed by atoms with van der Waals surface area (Å²) in [7, 11) is 0. The maximum absolute atomic E-state index is 11.7. The lowest BCUT2D eigenvalue weighted by molar-refractivity contribution is -0.157. The molecule has 0 saturated heterocycles. The number of carboxylic acid groups (broad SMARTS) is 1. The minimum Gasteiger partial charge on any atom is -0.481 e. The summed E-state index contributed by atoms with van der Waals surface area (Å²) in [5.74, 6) is -3.01. The fourth-order valence-electron chi connectivity index (χ4n) is 1.10. The van der Waals surface area contributed by atoms with E-state index in [1.165, 1.54) is 0 Å². The Labute approximate surface area is 99.1 Å². The summed E-state index contributed by atoms with van der Waals surface area (Å²) in [6, 6.07) is -1.33. The fourth-order valence-corrected chi connectivity index (χ4v) is 1.10. The molecule has 0 radical (unpaired) electrons. The first-order valence-electron chi connectivity index (χ1n) is 5.10. The van der Waals surface area contributed by atoms with E-state index in [2.05, 4.69) is 0 Å². The average molecular weight is 246 g/mol. The summed E-state index contributed by atoms with van der Waals surface area (Å²) in [6.45, 7) is 4.37. The summed E-state index contributed by atoms with van der Waals surface area (Å²) in [5.41, 5.74) is 8.96. The second kappa shape index (κ2) is 5.74. The van der Waals surface area contributed by atoms with Gasteiger partial charge in [0.2, 0.25) is 0 Å². The summed E-state index contributed by atoms with van der Waals surface area (Å²) >= 11 is 0. The third-order valence-corrected chi connectivity index (χ3v) is 2.01. The Morgan fingerprint density at radius 1 is 1.35 bits per heavy atom. The Kier molecular flexibility index (Phi) is 5.24. The molecule has 0 fully saturated rings. The normalized spacial score (nSPS) is 16.1. The molecule has 0 rings (SSSR count). The van der Waals surface area contributed by atoms with Crippen molar-refractivity contribution in [2.75, 3.05) is 0 Å². The molecule has 0 saturated carbocycles. The number of hydrogen-bond donors (Lipinski definition) is 3. The lowest BCUT2D eigenvalue weighted by atomic mass is 9.91. The van der Waals surface area contributed by atoms with Crippen LogP contribution in [0.1, 0.15) is 27.2 Å². The molecule has 0 aromatic carbocycles. The quantitative estimate of drug-likeness (QED) is 0.405. The maximum Gasteiger partial charge on any atom is 0.333 e. The average Bonchev–Trinajstić information content (AvgIpc) is 2.14. The topological polar surface area (TPSA) is 133 Å². The number of esters is 1. The van der Waals surface area contributed by atoms with Gasteiger partial charge >= 0.3 is 11.9 Å². The zero-order valence-corrected chi connectivity index (χ0v) is 10.1. The third-order valence-electron chi connectivity index (χ3n) is 2.01. The van der Waals surface area contributed by atoms with Gasteiger partial charge in [-0.3, -0.25) is 9.59 Å². The summed E-state index contributed by atoms with van der Waals surface area (Å²) in [4.78, 5) is 33.6. The van der Waals surface area contributed by atoms with Crippen molar-refractivity contribution >= 4 is 17.7 Å². The molecule has 2 atom stereocenters. The first-order chi connectivity index (χ1) is 7.59. The molecule has 0 bridgehead atoms. The SMILES string of the molecule is CC(C)OC(=O)[C@@](C)(N)C(=O)[C@H](N)CC(=O)O. The molecule has 0 unspecified atom stereocenters. The van der Waals surface area contributed by atoms with Crippen molar-refractivity contribution < 1.29 is 24.2 Å². The molecule has 0 amide bonds. The predicted molar refractivity (Wildman–Crippen MR) is 59.1 cm³/mol. The largest absolute Gasteiger partial charge is 0.481 e. The highest BCUT2D eigenvalue weighted by Gasteiger charge is 2.42.